The van der Waals surface area contributed by atoms with E-state index >= 15 is 0 Å². The molecule has 2 aromatic heterocycles. The van der Waals surface area contributed by atoms with Gasteiger partial charge in [0.15, 0.2) is 0 Å². The lowest BCUT2D eigenvalue weighted by molar-refractivity contribution is -0.148. The Morgan fingerprint density at radius 3 is 2.54 bits per heavy atom. The Bertz CT molecular complexity index is 947. The van der Waals surface area contributed by atoms with Crippen LogP contribution in [-0.2, 0) is 16.0 Å². The molecule has 3 aromatic rings. The number of nitrogens with two attached hydrogens (primary N) is 1. The summed E-state index contributed by atoms with van der Waals surface area (Å²) in [5.74, 6) is -0.0272. The minimum atomic E-state index is -0.236. The van der Waals surface area contributed by atoms with Gasteiger partial charge in [0.2, 0.25) is 0 Å². The normalized spacial score (nSPS) is 11.8. The van der Waals surface area contributed by atoms with Crippen molar-refractivity contribution < 1.29 is 9.53 Å². The van der Waals surface area contributed by atoms with Crippen LogP contribution in [0.4, 0.5) is 5.82 Å². The third kappa shape index (κ3) is 4.49. The minimum absolute atomic E-state index is 0.188. The Balaban J connectivity index is 2.05. The summed E-state index contributed by atoms with van der Waals surface area (Å²) in [6.45, 7) is 4.17. The van der Waals surface area contributed by atoms with E-state index in [0.717, 1.165) is 27.9 Å². The summed E-state index contributed by atoms with van der Waals surface area (Å²) in [6.07, 6.45) is 7.68. The van der Waals surface area contributed by atoms with Crippen molar-refractivity contribution in [1.29, 1.82) is 0 Å². The van der Waals surface area contributed by atoms with E-state index in [1.165, 1.54) is 12.7 Å². The summed E-state index contributed by atoms with van der Waals surface area (Å²) in [4.78, 5) is 28.8. The molecule has 3 rings (SSSR count). The summed E-state index contributed by atoms with van der Waals surface area (Å²) in [6, 6.07) is 7.75. The number of ether oxygens (including phenoxy) is 1. The summed E-state index contributed by atoms with van der Waals surface area (Å²) in [5.41, 5.74) is 10.3. The summed E-state index contributed by atoms with van der Waals surface area (Å²) in [7, 11) is 0. The van der Waals surface area contributed by atoms with Gasteiger partial charge in [-0.3, -0.25) is 4.79 Å². The summed E-state index contributed by atoms with van der Waals surface area (Å²) >= 11 is 0. The quantitative estimate of drug-likeness (QED) is 0.630. The van der Waals surface area contributed by atoms with Crippen molar-refractivity contribution in [3.8, 4) is 22.4 Å². The summed E-state index contributed by atoms with van der Waals surface area (Å²) < 4.78 is 5.24. The molecule has 0 saturated heterocycles. The molecule has 1 aromatic carbocycles. The van der Waals surface area contributed by atoms with Gasteiger partial charge < -0.3 is 10.5 Å². The molecule has 28 heavy (non-hydrogen) atoms. The fourth-order valence-electron chi connectivity index (χ4n) is 3.08. The molecule has 0 radical (unpaired) electrons. The average molecular weight is 377 g/mol. The number of esters is 1. The van der Waals surface area contributed by atoms with Crippen molar-refractivity contribution >= 4 is 11.8 Å². The van der Waals surface area contributed by atoms with Crippen LogP contribution >= 0.6 is 0 Å². The molecule has 2 heterocycles. The number of carbonyl (C=O) groups excluding carboxylic acids is 1. The van der Waals surface area contributed by atoms with Gasteiger partial charge in [-0.25, -0.2) is 19.9 Å². The maximum absolute atomic E-state index is 12.3. The topological polar surface area (TPSA) is 104 Å². The first-order chi connectivity index (χ1) is 13.6. The molecular weight excluding hydrogens is 354 g/mol. The van der Waals surface area contributed by atoms with Gasteiger partial charge in [0, 0.05) is 29.6 Å². The van der Waals surface area contributed by atoms with Crippen LogP contribution < -0.4 is 5.73 Å². The molecule has 0 aliphatic heterocycles. The second-order valence-corrected chi connectivity index (χ2v) is 6.39. The molecule has 0 bridgehead atoms. The highest BCUT2D eigenvalue weighted by molar-refractivity contribution is 5.76. The third-order valence-electron chi connectivity index (χ3n) is 4.54. The predicted octanol–water partition coefficient (Wildman–Crippen LogP) is 3.31. The van der Waals surface area contributed by atoms with E-state index in [9.17, 15) is 4.79 Å². The second kappa shape index (κ2) is 9.03. The van der Waals surface area contributed by atoms with Crippen LogP contribution in [0, 0.1) is 5.92 Å². The molecule has 1 atom stereocenters. The first-order valence-electron chi connectivity index (χ1n) is 9.25. The SMILES string of the molecule is CCOC(=O)C(CC)Cc1cc(-c2cncnc2)ccc1-c1cc(N)ncn1. The summed E-state index contributed by atoms with van der Waals surface area (Å²) in [5, 5.41) is 0. The fourth-order valence-corrected chi connectivity index (χ4v) is 3.08. The number of rotatable bonds is 7. The highest BCUT2D eigenvalue weighted by Gasteiger charge is 2.21. The highest BCUT2D eigenvalue weighted by Crippen LogP contribution is 2.30. The van der Waals surface area contributed by atoms with Crippen LogP contribution in [0.2, 0.25) is 0 Å². The molecule has 7 heteroatoms. The molecule has 7 nitrogen and oxygen atoms in total. The Morgan fingerprint density at radius 2 is 1.86 bits per heavy atom. The zero-order valence-corrected chi connectivity index (χ0v) is 16.0. The molecule has 0 spiro atoms. The van der Waals surface area contributed by atoms with Gasteiger partial charge in [-0.15, -0.1) is 0 Å². The smallest absolute Gasteiger partial charge is 0.309 e. The number of nitrogen functional groups attached to an aromatic ring is 1. The first-order valence-corrected chi connectivity index (χ1v) is 9.25. The van der Waals surface area contributed by atoms with Gasteiger partial charge in [-0.2, -0.15) is 0 Å². The lowest BCUT2D eigenvalue weighted by atomic mass is 9.90. The van der Waals surface area contributed by atoms with Crippen molar-refractivity contribution in [1.82, 2.24) is 19.9 Å². The van der Waals surface area contributed by atoms with Gasteiger partial charge >= 0.3 is 5.97 Å². The Hall–Kier alpha value is -3.35. The predicted molar refractivity (Wildman–Crippen MR) is 107 cm³/mol. The van der Waals surface area contributed by atoms with Gasteiger partial charge in [0.25, 0.3) is 0 Å². The van der Waals surface area contributed by atoms with E-state index in [1.807, 2.05) is 32.0 Å². The Labute approximate surface area is 164 Å². The van der Waals surface area contributed by atoms with Gasteiger partial charge in [0.1, 0.15) is 18.5 Å². The van der Waals surface area contributed by atoms with E-state index < -0.39 is 0 Å². The fraction of sp³-hybridized carbons (Fsp3) is 0.286. The van der Waals surface area contributed by atoms with Crippen molar-refractivity contribution in [2.45, 2.75) is 26.7 Å². The number of carbonyl (C=O) groups is 1. The molecule has 2 N–H and O–H groups in total. The zero-order valence-electron chi connectivity index (χ0n) is 16.0. The zero-order chi connectivity index (χ0) is 19.9. The van der Waals surface area contributed by atoms with Crippen LogP contribution in [0.25, 0.3) is 22.4 Å². The van der Waals surface area contributed by atoms with Crippen molar-refractivity contribution in [3.05, 3.63) is 54.9 Å². The number of anilines is 1. The van der Waals surface area contributed by atoms with E-state index in [0.29, 0.717) is 25.3 Å². The van der Waals surface area contributed by atoms with Crippen molar-refractivity contribution in [2.24, 2.45) is 5.92 Å². The minimum Gasteiger partial charge on any atom is -0.466 e. The van der Waals surface area contributed by atoms with Gasteiger partial charge in [-0.1, -0.05) is 25.1 Å². The Morgan fingerprint density at radius 1 is 1.07 bits per heavy atom. The van der Waals surface area contributed by atoms with E-state index in [2.05, 4.69) is 19.9 Å². The maximum atomic E-state index is 12.3. The lowest BCUT2D eigenvalue weighted by Crippen LogP contribution is -2.19. The molecule has 0 aliphatic rings. The number of nitrogens with zero attached hydrogens (tertiary/aromatic N) is 4. The standard InChI is InChI=1S/C21H23N5O2/c1-3-14(21(27)28-4-2)7-16-8-15(17-10-23-12-24-11-17)5-6-18(16)19-9-20(22)26-13-25-19/h5-6,8-14H,3-4,7H2,1-2H3,(H2,22,25,26). The largest absolute Gasteiger partial charge is 0.466 e. The van der Waals surface area contributed by atoms with Crippen LogP contribution in [0.15, 0.2) is 49.3 Å². The Kier molecular flexibility index (Phi) is 6.26. The molecular formula is C21H23N5O2. The molecule has 144 valence electrons. The number of hydrogen-bond donors (Lipinski definition) is 1. The number of aromatic nitrogens is 4. The van der Waals surface area contributed by atoms with Crippen molar-refractivity contribution in [2.75, 3.05) is 12.3 Å². The van der Waals surface area contributed by atoms with Crippen LogP contribution in [-0.4, -0.2) is 32.5 Å². The molecule has 0 aliphatic carbocycles. The van der Waals surface area contributed by atoms with Crippen LogP contribution in [0.1, 0.15) is 25.8 Å². The number of benzene rings is 1. The van der Waals surface area contributed by atoms with E-state index in [4.69, 9.17) is 10.5 Å². The molecule has 1 unspecified atom stereocenters. The first kappa shape index (κ1) is 19.4. The monoisotopic (exact) mass is 377 g/mol. The van der Waals surface area contributed by atoms with E-state index in [-0.39, 0.29) is 11.9 Å². The van der Waals surface area contributed by atoms with Crippen LogP contribution in [0.3, 0.4) is 0 Å². The highest BCUT2D eigenvalue weighted by atomic mass is 16.5. The maximum Gasteiger partial charge on any atom is 0.309 e. The lowest BCUT2D eigenvalue weighted by Gasteiger charge is -2.17. The van der Waals surface area contributed by atoms with Gasteiger partial charge in [-0.05, 0) is 30.9 Å². The molecule has 0 saturated carbocycles. The van der Waals surface area contributed by atoms with Crippen molar-refractivity contribution in [3.63, 3.8) is 0 Å². The molecule has 0 amide bonds. The third-order valence-corrected chi connectivity index (χ3v) is 4.54. The number of hydrogen-bond acceptors (Lipinski definition) is 7. The van der Waals surface area contributed by atoms with E-state index in [1.54, 1.807) is 18.5 Å². The van der Waals surface area contributed by atoms with Crippen LogP contribution in [0.5, 0.6) is 0 Å². The molecule has 0 fully saturated rings. The van der Waals surface area contributed by atoms with Gasteiger partial charge in [0.05, 0.1) is 18.2 Å². The average Bonchev–Trinajstić information content (AvgIpc) is 2.72. The second-order valence-electron chi connectivity index (χ2n) is 6.39.